The van der Waals surface area contributed by atoms with Crippen LogP contribution in [0.2, 0.25) is 5.02 Å². The number of rotatable bonds is 1. The fourth-order valence-electron chi connectivity index (χ4n) is 6.15. The monoisotopic (exact) mass is 597 g/mol. The van der Waals surface area contributed by atoms with E-state index < -0.39 is 30.0 Å². The highest BCUT2D eigenvalue weighted by molar-refractivity contribution is 6.30. The highest BCUT2D eigenvalue weighted by atomic mass is 35.5. The molecule has 2 N–H and O–H groups in total. The second kappa shape index (κ2) is 13.0. The standard InChI is InChI=1S/C32H40ClN3O6/c1-35-15-5-4-8-26(37)25-12-10-22(25)19-36-16-6-3-7-21-17-24(33)11-9-23(21)20-42-27-13-14-28(34-30(27)36)32(40,18-29(35)38)31(39)41-2/h4,8-9,11,13-14,17,22,25-26,37,40H,3,5-7,10,12,15-16,18-20H2,1-2H3/b8-4+/t22-,25+,26-,32-/m0/s1. The van der Waals surface area contributed by atoms with Crippen molar-refractivity contribution in [3.05, 3.63) is 64.3 Å². The number of hydrogen-bond acceptors (Lipinski definition) is 8. The summed E-state index contributed by atoms with van der Waals surface area (Å²) in [5.74, 6) is -0.0247. The molecule has 2 aromatic rings. The Morgan fingerprint density at radius 1 is 1.17 bits per heavy atom. The summed E-state index contributed by atoms with van der Waals surface area (Å²) in [6.45, 7) is 1.98. The lowest BCUT2D eigenvalue weighted by molar-refractivity contribution is -0.168. The van der Waals surface area contributed by atoms with Crippen LogP contribution in [0.1, 0.15) is 55.3 Å². The minimum atomic E-state index is -2.28. The number of esters is 1. The predicted octanol–water partition coefficient (Wildman–Crippen LogP) is 4.01. The maximum Gasteiger partial charge on any atom is 0.344 e. The Morgan fingerprint density at radius 3 is 2.76 bits per heavy atom. The number of amides is 1. The number of fused-ring (bicyclic) bond motifs is 3. The van der Waals surface area contributed by atoms with Crippen molar-refractivity contribution in [2.24, 2.45) is 11.8 Å². The lowest BCUT2D eigenvalue weighted by Crippen LogP contribution is -2.45. The van der Waals surface area contributed by atoms with Crippen LogP contribution in [0.5, 0.6) is 5.75 Å². The normalized spacial score (nSPS) is 27.8. The molecule has 42 heavy (non-hydrogen) atoms. The number of aromatic nitrogens is 1. The topological polar surface area (TPSA) is 112 Å². The Morgan fingerprint density at radius 2 is 2.00 bits per heavy atom. The maximum atomic E-state index is 13.2. The van der Waals surface area contributed by atoms with Crippen molar-refractivity contribution >= 4 is 29.3 Å². The summed E-state index contributed by atoms with van der Waals surface area (Å²) >= 11 is 6.31. The Hall–Kier alpha value is -3.14. The molecule has 4 atom stereocenters. The molecule has 3 aliphatic rings. The number of pyridine rings is 1. The molecule has 0 radical (unpaired) electrons. The van der Waals surface area contributed by atoms with Gasteiger partial charge in [0.05, 0.1) is 25.3 Å². The average molecular weight is 598 g/mol. The number of anilines is 1. The third-order valence-corrected chi connectivity index (χ3v) is 9.16. The zero-order chi connectivity index (χ0) is 29.9. The molecule has 0 spiro atoms. The number of carbonyl (C=O) groups is 2. The van der Waals surface area contributed by atoms with E-state index in [0.717, 1.165) is 43.2 Å². The van der Waals surface area contributed by atoms with Crippen molar-refractivity contribution in [3.8, 4) is 5.75 Å². The van der Waals surface area contributed by atoms with Gasteiger partial charge in [0.2, 0.25) is 11.5 Å². The van der Waals surface area contributed by atoms with Gasteiger partial charge in [0.25, 0.3) is 0 Å². The van der Waals surface area contributed by atoms with Crippen molar-refractivity contribution in [3.63, 3.8) is 0 Å². The summed E-state index contributed by atoms with van der Waals surface area (Å²) in [6, 6.07) is 9.06. The van der Waals surface area contributed by atoms with Gasteiger partial charge in [-0.1, -0.05) is 29.8 Å². The first-order valence-corrected chi connectivity index (χ1v) is 15.1. The lowest BCUT2D eigenvalue weighted by Gasteiger charge is -2.42. The van der Waals surface area contributed by atoms with Crippen molar-refractivity contribution in [2.75, 3.05) is 38.7 Å². The van der Waals surface area contributed by atoms with Gasteiger partial charge in [-0.2, -0.15) is 0 Å². The van der Waals surface area contributed by atoms with Gasteiger partial charge < -0.3 is 29.5 Å². The number of nitrogens with zero attached hydrogens (tertiary/aromatic N) is 3. The zero-order valence-electron chi connectivity index (χ0n) is 24.3. The molecule has 5 rings (SSSR count). The molecule has 3 heterocycles. The molecule has 1 aliphatic carbocycles. The van der Waals surface area contributed by atoms with E-state index in [4.69, 9.17) is 26.1 Å². The first-order chi connectivity index (χ1) is 20.2. The molecule has 2 bridgehead atoms. The number of aliphatic hydroxyl groups is 2. The molecule has 226 valence electrons. The summed E-state index contributed by atoms with van der Waals surface area (Å²) < 4.78 is 11.3. The first-order valence-electron chi connectivity index (χ1n) is 14.8. The molecule has 9 nitrogen and oxygen atoms in total. The summed E-state index contributed by atoms with van der Waals surface area (Å²) in [4.78, 5) is 34.7. The molecule has 10 heteroatoms. The highest BCUT2D eigenvalue weighted by Gasteiger charge is 2.45. The van der Waals surface area contributed by atoms with Gasteiger partial charge in [0.15, 0.2) is 11.6 Å². The van der Waals surface area contributed by atoms with Gasteiger partial charge in [-0.25, -0.2) is 9.78 Å². The number of halogens is 1. The third kappa shape index (κ3) is 6.43. The number of benzene rings is 1. The Kier molecular flexibility index (Phi) is 9.40. The van der Waals surface area contributed by atoms with Gasteiger partial charge in [-0.15, -0.1) is 0 Å². The second-order valence-electron chi connectivity index (χ2n) is 11.7. The van der Waals surface area contributed by atoms with Crippen LogP contribution in [0.15, 0.2) is 42.5 Å². The van der Waals surface area contributed by atoms with Crippen molar-refractivity contribution in [2.45, 2.75) is 63.3 Å². The molecule has 1 saturated carbocycles. The molecule has 0 saturated heterocycles. The Balaban J connectivity index is 1.59. The van der Waals surface area contributed by atoms with E-state index in [1.807, 2.05) is 30.4 Å². The molecule has 1 fully saturated rings. The number of aliphatic hydroxyl groups excluding tert-OH is 1. The molecule has 1 aromatic heterocycles. The molecule has 0 unspecified atom stereocenters. The van der Waals surface area contributed by atoms with E-state index >= 15 is 0 Å². The van der Waals surface area contributed by atoms with Crippen LogP contribution in [-0.4, -0.2) is 71.9 Å². The molecule has 1 aromatic carbocycles. The average Bonchev–Trinajstić information content (AvgIpc) is 2.99. The van der Waals surface area contributed by atoms with Crippen molar-refractivity contribution < 1.29 is 29.3 Å². The molecular formula is C32H40ClN3O6. The summed E-state index contributed by atoms with van der Waals surface area (Å²) in [6.07, 6.45) is 7.73. The van der Waals surface area contributed by atoms with Crippen LogP contribution in [0.3, 0.4) is 0 Å². The SMILES string of the molecule is COC(=O)[C@]1(O)CC(=O)N(C)CC/C=C/[C@H](O)[C@@H]2CC[C@H]2CN2CCCCc3cc(Cl)ccc3COc3ccc1nc32. The minimum absolute atomic E-state index is 0.0303. The summed E-state index contributed by atoms with van der Waals surface area (Å²) in [5, 5.41) is 23.4. The number of hydrogen-bond donors (Lipinski definition) is 2. The van der Waals surface area contributed by atoms with Crippen LogP contribution in [0.4, 0.5) is 5.82 Å². The zero-order valence-corrected chi connectivity index (χ0v) is 25.1. The van der Waals surface area contributed by atoms with Crippen LogP contribution >= 0.6 is 11.6 Å². The maximum absolute atomic E-state index is 13.2. The van der Waals surface area contributed by atoms with E-state index in [-0.39, 0.29) is 17.5 Å². The fraction of sp³-hybridized carbons (Fsp3) is 0.531. The smallest absolute Gasteiger partial charge is 0.344 e. The molecular weight excluding hydrogens is 558 g/mol. The number of aryl methyl sites for hydroxylation is 1. The Bertz CT molecular complexity index is 1340. The van der Waals surface area contributed by atoms with Crippen molar-refractivity contribution in [1.29, 1.82) is 0 Å². The van der Waals surface area contributed by atoms with E-state index in [1.165, 1.54) is 18.1 Å². The molecule has 1 amide bonds. The second-order valence-corrected chi connectivity index (χ2v) is 12.1. The minimum Gasteiger partial charge on any atom is -0.485 e. The fourth-order valence-corrected chi connectivity index (χ4v) is 6.34. The number of methoxy groups -OCH3 is 1. The third-order valence-electron chi connectivity index (χ3n) is 8.93. The van der Waals surface area contributed by atoms with Crippen LogP contribution < -0.4 is 9.64 Å². The van der Waals surface area contributed by atoms with Crippen molar-refractivity contribution in [1.82, 2.24) is 9.88 Å². The van der Waals surface area contributed by atoms with Crippen LogP contribution in [-0.2, 0) is 33.0 Å². The summed E-state index contributed by atoms with van der Waals surface area (Å²) in [7, 11) is 2.81. The van der Waals surface area contributed by atoms with E-state index in [9.17, 15) is 19.8 Å². The Labute approximate surface area is 252 Å². The number of ether oxygens (including phenoxy) is 2. The number of carbonyl (C=O) groups excluding carboxylic acids is 2. The van der Waals surface area contributed by atoms with Gasteiger partial charge in [-0.05, 0) is 85.8 Å². The lowest BCUT2D eigenvalue weighted by atomic mass is 9.70. The predicted molar refractivity (Wildman–Crippen MR) is 159 cm³/mol. The van der Waals surface area contributed by atoms with Gasteiger partial charge in [0.1, 0.15) is 6.61 Å². The molecule has 2 aliphatic heterocycles. The van der Waals surface area contributed by atoms with E-state index in [1.54, 1.807) is 13.1 Å². The van der Waals surface area contributed by atoms with Gasteiger partial charge in [-0.3, -0.25) is 4.79 Å². The highest BCUT2D eigenvalue weighted by Crippen LogP contribution is 2.41. The quantitative estimate of drug-likeness (QED) is 0.375. The van der Waals surface area contributed by atoms with Crippen LogP contribution in [0.25, 0.3) is 0 Å². The van der Waals surface area contributed by atoms with E-state index in [2.05, 4.69) is 4.90 Å². The van der Waals surface area contributed by atoms with Gasteiger partial charge in [0, 0.05) is 31.7 Å². The van der Waals surface area contributed by atoms with E-state index in [0.29, 0.717) is 49.3 Å². The largest absolute Gasteiger partial charge is 0.485 e. The first kappa shape index (κ1) is 30.3. The summed E-state index contributed by atoms with van der Waals surface area (Å²) in [5.41, 5.74) is -0.0729. The van der Waals surface area contributed by atoms with Gasteiger partial charge >= 0.3 is 5.97 Å². The van der Waals surface area contributed by atoms with Crippen LogP contribution in [0, 0.1) is 11.8 Å².